The predicted octanol–water partition coefficient (Wildman–Crippen LogP) is 0.636. The summed E-state index contributed by atoms with van der Waals surface area (Å²) in [5.74, 6) is -0.888. The highest BCUT2D eigenvalue weighted by atomic mass is 16.8. The fourth-order valence-electron chi connectivity index (χ4n) is 3.79. The van der Waals surface area contributed by atoms with E-state index in [9.17, 15) is 14.9 Å². The molecule has 9 heteroatoms. The molecular weight excluding hydrogens is 376 g/mol. The molecular formula is C20H22N4O5. The van der Waals surface area contributed by atoms with Crippen molar-refractivity contribution in [2.24, 2.45) is 0 Å². The highest BCUT2D eigenvalue weighted by Gasteiger charge is 2.58. The van der Waals surface area contributed by atoms with E-state index in [1.807, 2.05) is 30.3 Å². The molecule has 3 heterocycles. The summed E-state index contributed by atoms with van der Waals surface area (Å²) in [6.07, 6.45) is -1.29. The Morgan fingerprint density at radius 2 is 1.93 bits per heavy atom. The van der Waals surface area contributed by atoms with Gasteiger partial charge in [-0.05, 0) is 19.4 Å². The molecule has 0 amide bonds. The van der Waals surface area contributed by atoms with Gasteiger partial charge in [0.05, 0.1) is 6.07 Å². The first kappa shape index (κ1) is 19.5. The summed E-state index contributed by atoms with van der Waals surface area (Å²) >= 11 is 0. The number of hydrogen-bond acceptors (Lipinski definition) is 7. The highest BCUT2D eigenvalue weighted by molar-refractivity contribution is 5.16. The summed E-state index contributed by atoms with van der Waals surface area (Å²) in [5, 5.41) is 13.0. The van der Waals surface area contributed by atoms with Crippen LogP contribution in [0.25, 0.3) is 0 Å². The number of nitrogens with one attached hydrogen (secondary N) is 2. The first-order chi connectivity index (χ1) is 13.9. The summed E-state index contributed by atoms with van der Waals surface area (Å²) in [6, 6.07) is 12.5. The number of nitrogens with zero attached hydrogens (tertiary/aromatic N) is 2. The van der Waals surface area contributed by atoms with Gasteiger partial charge >= 0.3 is 5.69 Å². The van der Waals surface area contributed by atoms with Gasteiger partial charge in [-0.3, -0.25) is 19.7 Å². The number of nitriles is 1. The van der Waals surface area contributed by atoms with Crippen LogP contribution in [0.3, 0.4) is 0 Å². The first-order valence-electron chi connectivity index (χ1n) is 9.37. The topological polar surface area (TPSA) is 118 Å². The lowest BCUT2D eigenvalue weighted by Gasteiger charge is -2.27. The van der Waals surface area contributed by atoms with Crippen molar-refractivity contribution in [3.63, 3.8) is 0 Å². The molecule has 0 aliphatic carbocycles. The summed E-state index contributed by atoms with van der Waals surface area (Å²) in [7, 11) is 0. The largest absolute Gasteiger partial charge is 0.346 e. The Kier molecular flexibility index (Phi) is 5.10. The molecule has 0 spiro atoms. The smallest absolute Gasteiger partial charge is 0.330 e. The molecule has 4 rings (SSSR count). The molecule has 0 unspecified atom stereocenters. The van der Waals surface area contributed by atoms with Gasteiger partial charge in [-0.1, -0.05) is 30.3 Å². The normalized spacial score (nSPS) is 28.6. The van der Waals surface area contributed by atoms with Crippen LogP contribution in [-0.2, 0) is 20.8 Å². The molecule has 0 saturated carbocycles. The maximum Gasteiger partial charge on any atom is 0.330 e. The predicted molar refractivity (Wildman–Crippen MR) is 102 cm³/mol. The molecule has 2 saturated heterocycles. The Morgan fingerprint density at radius 3 is 2.62 bits per heavy atom. The lowest BCUT2D eigenvalue weighted by Crippen LogP contribution is -2.45. The fourth-order valence-corrected chi connectivity index (χ4v) is 3.79. The third kappa shape index (κ3) is 3.88. The molecule has 2 aliphatic rings. The zero-order chi connectivity index (χ0) is 20.6. The van der Waals surface area contributed by atoms with E-state index >= 15 is 0 Å². The van der Waals surface area contributed by atoms with Gasteiger partial charge in [-0.25, -0.2) is 4.79 Å². The molecule has 5 atom stereocenters. The molecule has 152 valence electrons. The number of H-pyrrole nitrogens is 1. The van der Waals surface area contributed by atoms with Crippen LogP contribution in [0, 0.1) is 11.3 Å². The third-order valence-corrected chi connectivity index (χ3v) is 5.03. The van der Waals surface area contributed by atoms with Gasteiger partial charge in [0, 0.05) is 18.8 Å². The molecule has 1 aromatic carbocycles. The Labute approximate surface area is 166 Å². The number of fused-ring (bicyclic) bond motifs is 1. The maximum atomic E-state index is 12.3. The fraction of sp³-hybridized carbons (Fsp3) is 0.450. The minimum absolute atomic E-state index is 0.476. The van der Waals surface area contributed by atoms with E-state index < -0.39 is 47.6 Å². The van der Waals surface area contributed by atoms with Crippen molar-refractivity contribution >= 4 is 0 Å². The summed E-state index contributed by atoms with van der Waals surface area (Å²) in [5.41, 5.74) is -0.0822. The number of benzene rings is 1. The van der Waals surface area contributed by atoms with E-state index in [-0.39, 0.29) is 0 Å². The average Bonchev–Trinajstić information content (AvgIpc) is 3.17. The quantitative estimate of drug-likeness (QED) is 0.759. The maximum absolute atomic E-state index is 12.3. The minimum atomic E-state index is -0.888. The first-order valence-corrected chi connectivity index (χ1v) is 9.37. The van der Waals surface area contributed by atoms with Crippen molar-refractivity contribution < 1.29 is 14.2 Å². The second kappa shape index (κ2) is 7.57. The van der Waals surface area contributed by atoms with Gasteiger partial charge in [-0.15, -0.1) is 0 Å². The van der Waals surface area contributed by atoms with Crippen molar-refractivity contribution in [3.8, 4) is 6.07 Å². The molecule has 2 aromatic rings. The molecule has 0 bridgehead atoms. The molecule has 2 aliphatic heterocycles. The second-order valence-corrected chi connectivity index (χ2v) is 7.55. The van der Waals surface area contributed by atoms with E-state index in [4.69, 9.17) is 14.2 Å². The zero-order valence-corrected chi connectivity index (χ0v) is 16.1. The molecule has 2 N–H and O–H groups in total. The zero-order valence-electron chi connectivity index (χ0n) is 16.1. The summed E-state index contributed by atoms with van der Waals surface area (Å²) in [4.78, 5) is 25.9. The second-order valence-electron chi connectivity index (χ2n) is 7.55. The van der Waals surface area contributed by atoms with Gasteiger partial charge in [-0.2, -0.15) is 5.26 Å². The van der Waals surface area contributed by atoms with Crippen LogP contribution < -0.4 is 16.6 Å². The molecule has 9 nitrogen and oxygen atoms in total. The van der Waals surface area contributed by atoms with Gasteiger partial charge in [0.25, 0.3) is 5.56 Å². The van der Waals surface area contributed by atoms with Crippen LogP contribution in [0.15, 0.2) is 52.2 Å². The van der Waals surface area contributed by atoms with Crippen molar-refractivity contribution in [3.05, 3.63) is 69.0 Å². The summed E-state index contributed by atoms with van der Waals surface area (Å²) in [6.45, 7) is 4.02. The standard InChI is InChI=1S/C20H22N4O5/c1-20(2)28-16-15(13(10-21)22-11-12-6-4-3-5-7-12)27-18(17(16)29-20)24-9-8-14(25)23-19(24)26/h3-9,13,15-18,22H,11H2,1-2H3,(H,23,25,26)/t13-,15+,16+,17+,18+/m0/s1. The third-order valence-electron chi connectivity index (χ3n) is 5.03. The SMILES string of the molecule is CC1(C)O[C@H]2[C@@H](O1)[C@H](n1ccc(=O)[nH]c1=O)O[C@@H]2[C@H](C#N)NCc1ccccc1. The van der Waals surface area contributed by atoms with E-state index in [0.29, 0.717) is 6.54 Å². The van der Waals surface area contributed by atoms with Crippen LogP contribution >= 0.6 is 0 Å². The van der Waals surface area contributed by atoms with Gasteiger partial charge in [0.1, 0.15) is 24.4 Å². The summed E-state index contributed by atoms with van der Waals surface area (Å²) < 4.78 is 19.3. The van der Waals surface area contributed by atoms with Crippen LogP contribution in [0.5, 0.6) is 0 Å². The van der Waals surface area contributed by atoms with Crippen molar-refractivity contribution in [2.75, 3.05) is 0 Å². The van der Waals surface area contributed by atoms with Gasteiger partial charge in [0.15, 0.2) is 12.0 Å². The van der Waals surface area contributed by atoms with Crippen LogP contribution in [0.4, 0.5) is 0 Å². The lowest BCUT2D eigenvalue weighted by atomic mass is 10.0. The Hall–Kier alpha value is -2.77. The Morgan fingerprint density at radius 1 is 1.21 bits per heavy atom. The van der Waals surface area contributed by atoms with E-state index in [0.717, 1.165) is 5.56 Å². The number of hydrogen-bond donors (Lipinski definition) is 2. The van der Waals surface area contributed by atoms with Crippen molar-refractivity contribution in [2.45, 2.75) is 56.8 Å². The van der Waals surface area contributed by atoms with Gasteiger partial charge in [0.2, 0.25) is 0 Å². The van der Waals surface area contributed by atoms with Crippen molar-refractivity contribution in [1.29, 1.82) is 5.26 Å². The number of aromatic nitrogens is 2. The average molecular weight is 398 g/mol. The monoisotopic (exact) mass is 398 g/mol. The van der Waals surface area contributed by atoms with Crippen LogP contribution in [0.1, 0.15) is 25.6 Å². The number of rotatable bonds is 5. The Bertz CT molecular complexity index is 1030. The minimum Gasteiger partial charge on any atom is -0.346 e. The molecule has 1 aromatic heterocycles. The van der Waals surface area contributed by atoms with E-state index in [1.165, 1.54) is 16.8 Å². The van der Waals surface area contributed by atoms with Crippen LogP contribution in [-0.4, -0.2) is 39.7 Å². The Balaban J connectivity index is 1.60. The lowest BCUT2D eigenvalue weighted by molar-refractivity contribution is -0.198. The van der Waals surface area contributed by atoms with Crippen molar-refractivity contribution in [1.82, 2.24) is 14.9 Å². The van der Waals surface area contributed by atoms with Crippen LogP contribution in [0.2, 0.25) is 0 Å². The van der Waals surface area contributed by atoms with Gasteiger partial charge < -0.3 is 14.2 Å². The molecule has 0 radical (unpaired) electrons. The van der Waals surface area contributed by atoms with E-state index in [2.05, 4.69) is 16.4 Å². The molecule has 29 heavy (non-hydrogen) atoms. The van der Waals surface area contributed by atoms with E-state index in [1.54, 1.807) is 13.8 Å². The number of ether oxygens (including phenoxy) is 3. The highest BCUT2D eigenvalue weighted by Crippen LogP contribution is 2.43. The number of aromatic amines is 1. The molecule has 2 fully saturated rings.